The molecule has 1 aromatic carbocycles. The summed E-state index contributed by atoms with van der Waals surface area (Å²) < 4.78 is 10.5. The quantitative estimate of drug-likeness (QED) is 0.595. The SMILES string of the molecule is COCC(C)OCC(O)CSc1ncnc2ccccc12. The van der Waals surface area contributed by atoms with Crippen molar-refractivity contribution in [1.82, 2.24) is 9.97 Å². The number of hydrogen-bond donors (Lipinski definition) is 1. The molecule has 6 heteroatoms. The summed E-state index contributed by atoms with van der Waals surface area (Å²) in [4.78, 5) is 8.51. The number of fused-ring (bicyclic) bond motifs is 1. The Labute approximate surface area is 128 Å². The standard InChI is InChI=1S/C15H20N2O3S/c1-11(7-19-2)20-8-12(18)9-21-15-13-5-3-4-6-14(13)16-10-17-15/h3-6,10-12,18H,7-9H2,1-2H3. The van der Waals surface area contributed by atoms with Crippen molar-refractivity contribution in [2.75, 3.05) is 26.1 Å². The van der Waals surface area contributed by atoms with Crippen LogP contribution in [-0.4, -0.2) is 53.4 Å². The molecule has 21 heavy (non-hydrogen) atoms. The smallest absolute Gasteiger partial charge is 0.117 e. The minimum Gasteiger partial charge on any atom is -0.390 e. The predicted molar refractivity (Wildman–Crippen MR) is 83.6 cm³/mol. The van der Waals surface area contributed by atoms with Crippen LogP contribution in [0.4, 0.5) is 0 Å². The third-order valence-corrected chi connectivity index (χ3v) is 4.04. The van der Waals surface area contributed by atoms with Gasteiger partial charge in [0.15, 0.2) is 0 Å². The van der Waals surface area contributed by atoms with Crippen molar-refractivity contribution in [1.29, 1.82) is 0 Å². The number of aromatic nitrogens is 2. The van der Waals surface area contributed by atoms with Gasteiger partial charge in [0.2, 0.25) is 0 Å². The van der Waals surface area contributed by atoms with E-state index in [-0.39, 0.29) is 6.10 Å². The molecular formula is C15H20N2O3S. The van der Waals surface area contributed by atoms with Crippen molar-refractivity contribution < 1.29 is 14.6 Å². The van der Waals surface area contributed by atoms with Gasteiger partial charge < -0.3 is 14.6 Å². The number of nitrogens with zero attached hydrogens (tertiary/aromatic N) is 2. The Morgan fingerprint density at radius 3 is 2.86 bits per heavy atom. The molecule has 5 nitrogen and oxygen atoms in total. The Bertz CT molecular complexity index is 562. The first-order chi connectivity index (χ1) is 10.2. The number of methoxy groups -OCH3 is 1. The highest BCUT2D eigenvalue weighted by atomic mass is 32.2. The van der Waals surface area contributed by atoms with E-state index in [1.165, 1.54) is 11.8 Å². The summed E-state index contributed by atoms with van der Waals surface area (Å²) in [5, 5.41) is 11.9. The fourth-order valence-electron chi connectivity index (χ4n) is 1.88. The number of ether oxygens (including phenoxy) is 2. The zero-order valence-corrected chi connectivity index (χ0v) is 13.0. The molecule has 2 atom stereocenters. The van der Waals surface area contributed by atoms with Crippen molar-refractivity contribution in [3.8, 4) is 0 Å². The summed E-state index contributed by atoms with van der Waals surface area (Å²) in [7, 11) is 1.63. The number of para-hydroxylation sites is 1. The molecule has 1 N–H and O–H groups in total. The van der Waals surface area contributed by atoms with Crippen LogP contribution in [0.5, 0.6) is 0 Å². The zero-order valence-electron chi connectivity index (χ0n) is 12.2. The van der Waals surface area contributed by atoms with E-state index >= 15 is 0 Å². The van der Waals surface area contributed by atoms with Gasteiger partial charge in [-0.25, -0.2) is 9.97 Å². The van der Waals surface area contributed by atoms with Gasteiger partial charge in [-0.15, -0.1) is 11.8 Å². The van der Waals surface area contributed by atoms with Crippen LogP contribution in [0.2, 0.25) is 0 Å². The molecule has 0 aliphatic rings. The molecule has 1 heterocycles. The summed E-state index contributed by atoms with van der Waals surface area (Å²) >= 11 is 1.51. The normalized spacial score (nSPS) is 14.2. The Hall–Kier alpha value is -1.21. The predicted octanol–water partition coefficient (Wildman–Crippen LogP) is 2.13. The second kappa shape index (κ2) is 8.29. The van der Waals surface area contributed by atoms with Crippen molar-refractivity contribution >= 4 is 22.7 Å². The highest BCUT2D eigenvalue weighted by molar-refractivity contribution is 7.99. The molecule has 0 fully saturated rings. The monoisotopic (exact) mass is 308 g/mol. The molecule has 0 amide bonds. The Morgan fingerprint density at radius 1 is 1.24 bits per heavy atom. The minimum absolute atomic E-state index is 0.0190. The first-order valence-corrected chi connectivity index (χ1v) is 7.80. The molecule has 0 aliphatic carbocycles. The van der Waals surface area contributed by atoms with Crippen molar-refractivity contribution in [3.05, 3.63) is 30.6 Å². The maximum atomic E-state index is 9.97. The Balaban J connectivity index is 1.87. The average molecular weight is 308 g/mol. The van der Waals surface area contributed by atoms with Gasteiger partial charge in [0.25, 0.3) is 0 Å². The molecule has 2 aromatic rings. The van der Waals surface area contributed by atoms with E-state index in [9.17, 15) is 5.11 Å². The van der Waals surface area contributed by atoms with Crippen LogP contribution in [0, 0.1) is 0 Å². The fourth-order valence-corrected chi connectivity index (χ4v) is 2.77. The lowest BCUT2D eigenvalue weighted by atomic mass is 10.2. The number of thioether (sulfide) groups is 1. The van der Waals surface area contributed by atoms with E-state index in [1.54, 1.807) is 13.4 Å². The number of aliphatic hydroxyl groups excluding tert-OH is 1. The number of aliphatic hydroxyl groups is 1. The Kier molecular flexibility index (Phi) is 6.38. The highest BCUT2D eigenvalue weighted by Gasteiger charge is 2.11. The van der Waals surface area contributed by atoms with Crippen LogP contribution in [-0.2, 0) is 9.47 Å². The van der Waals surface area contributed by atoms with Gasteiger partial charge >= 0.3 is 0 Å². The molecule has 2 rings (SSSR count). The van der Waals surface area contributed by atoms with Crippen LogP contribution in [0.25, 0.3) is 10.9 Å². The van der Waals surface area contributed by atoms with Crippen LogP contribution < -0.4 is 0 Å². The molecule has 0 spiro atoms. The molecule has 114 valence electrons. The van der Waals surface area contributed by atoms with E-state index < -0.39 is 6.10 Å². The second-order valence-corrected chi connectivity index (χ2v) is 5.77. The zero-order chi connectivity index (χ0) is 15.1. The van der Waals surface area contributed by atoms with Crippen LogP contribution in [0.1, 0.15) is 6.92 Å². The number of benzene rings is 1. The van der Waals surface area contributed by atoms with Gasteiger partial charge in [0, 0.05) is 18.2 Å². The van der Waals surface area contributed by atoms with Gasteiger partial charge in [0.1, 0.15) is 11.4 Å². The maximum Gasteiger partial charge on any atom is 0.117 e. The highest BCUT2D eigenvalue weighted by Crippen LogP contribution is 2.24. The molecular weight excluding hydrogens is 288 g/mol. The minimum atomic E-state index is -0.539. The largest absolute Gasteiger partial charge is 0.390 e. The van der Waals surface area contributed by atoms with Crippen LogP contribution >= 0.6 is 11.8 Å². The van der Waals surface area contributed by atoms with Crippen molar-refractivity contribution in [3.63, 3.8) is 0 Å². The number of hydrogen-bond acceptors (Lipinski definition) is 6. The molecule has 0 bridgehead atoms. The first kappa shape index (κ1) is 16.2. The molecule has 2 unspecified atom stereocenters. The molecule has 1 aromatic heterocycles. The van der Waals surface area contributed by atoms with E-state index in [2.05, 4.69) is 9.97 Å². The van der Waals surface area contributed by atoms with Crippen molar-refractivity contribution in [2.24, 2.45) is 0 Å². The molecule has 0 radical (unpaired) electrons. The van der Waals surface area contributed by atoms with Crippen LogP contribution in [0.15, 0.2) is 35.6 Å². The molecule has 0 aliphatic heterocycles. The molecule has 0 saturated heterocycles. The summed E-state index contributed by atoms with van der Waals surface area (Å²) in [6, 6.07) is 7.85. The van der Waals surface area contributed by atoms with E-state index in [0.29, 0.717) is 19.0 Å². The lowest BCUT2D eigenvalue weighted by Crippen LogP contribution is -2.24. The van der Waals surface area contributed by atoms with Gasteiger partial charge in [-0.1, -0.05) is 18.2 Å². The lowest BCUT2D eigenvalue weighted by molar-refractivity contribution is -0.0257. The summed E-state index contributed by atoms with van der Waals surface area (Å²) in [6.07, 6.45) is 0.992. The summed E-state index contributed by atoms with van der Waals surface area (Å²) in [5.74, 6) is 0.528. The van der Waals surface area contributed by atoms with E-state index in [1.807, 2.05) is 31.2 Å². The van der Waals surface area contributed by atoms with Gasteiger partial charge in [0.05, 0.1) is 30.9 Å². The van der Waals surface area contributed by atoms with Crippen LogP contribution in [0.3, 0.4) is 0 Å². The van der Waals surface area contributed by atoms with E-state index in [0.717, 1.165) is 15.9 Å². The lowest BCUT2D eigenvalue weighted by Gasteiger charge is -2.15. The molecule has 0 saturated carbocycles. The van der Waals surface area contributed by atoms with Crippen molar-refractivity contribution in [2.45, 2.75) is 24.2 Å². The maximum absolute atomic E-state index is 9.97. The summed E-state index contributed by atoms with van der Waals surface area (Å²) in [6.45, 7) is 2.73. The third kappa shape index (κ3) is 4.93. The van der Waals surface area contributed by atoms with Gasteiger partial charge in [-0.2, -0.15) is 0 Å². The first-order valence-electron chi connectivity index (χ1n) is 6.82. The van der Waals surface area contributed by atoms with Gasteiger partial charge in [-0.05, 0) is 13.0 Å². The Morgan fingerprint density at radius 2 is 2.05 bits per heavy atom. The van der Waals surface area contributed by atoms with E-state index in [4.69, 9.17) is 9.47 Å². The fraction of sp³-hybridized carbons (Fsp3) is 0.467. The average Bonchev–Trinajstić information content (AvgIpc) is 2.51. The third-order valence-electron chi connectivity index (χ3n) is 2.89. The summed E-state index contributed by atoms with van der Waals surface area (Å²) in [5.41, 5.74) is 0.912. The second-order valence-electron chi connectivity index (χ2n) is 4.76. The number of rotatable bonds is 8. The topological polar surface area (TPSA) is 64.5 Å². The van der Waals surface area contributed by atoms with Gasteiger partial charge in [-0.3, -0.25) is 0 Å².